The summed E-state index contributed by atoms with van der Waals surface area (Å²) in [6.07, 6.45) is 0. The molecule has 2 aliphatic rings. The molecule has 0 saturated carbocycles. The van der Waals surface area contributed by atoms with Crippen molar-refractivity contribution in [1.82, 2.24) is 0 Å². The molecule has 2 aliphatic heterocycles. The number of carbonyl (C=O) groups is 1. The van der Waals surface area contributed by atoms with Gasteiger partial charge in [0, 0.05) is 11.2 Å². The van der Waals surface area contributed by atoms with Gasteiger partial charge in [0.15, 0.2) is 15.0 Å². The van der Waals surface area contributed by atoms with E-state index in [1.165, 1.54) is 11.8 Å². The van der Waals surface area contributed by atoms with E-state index in [1.54, 1.807) is 21.0 Å². The summed E-state index contributed by atoms with van der Waals surface area (Å²) in [5.41, 5.74) is 0.743. The van der Waals surface area contributed by atoms with Gasteiger partial charge in [-0.15, -0.1) is 0 Å². The van der Waals surface area contributed by atoms with E-state index >= 15 is 0 Å². The zero-order chi connectivity index (χ0) is 17.5. The van der Waals surface area contributed by atoms with E-state index in [2.05, 4.69) is 4.99 Å². The minimum Gasteiger partial charge on any atom is -0.495 e. The molecule has 2 saturated heterocycles. The van der Waals surface area contributed by atoms with Gasteiger partial charge < -0.3 is 9.64 Å². The van der Waals surface area contributed by atoms with E-state index in [1.807, 2.05) is 29.2 Å². The topological polar surface area (TPSA) is 76.0 Å². The highest BCUT2D eigenvalue weighted by Gasteiger charge is 2.50. The average molecular weight is 368 g/mol. The van der Waals surface area contributed by atoms with Gasteiger partial charge in [0.05, 0.1) is 30.3 Å². The lowest BCUT2D eigenvalue weighted by Gasteiger charge is -2.26. The minimum absolute atomic E-state index is 0.0671. The summed E-state index contributed by atoms with van der Waals surface area (Å²) < 4.78 is 29.5. The van der Waals surface area contributed by atoms with Gasteiger partial charge in [-0.2, -0.15) is 4.99 Å². The summed E-state index contributed by atoms with van der Waals surface area (Å²) in [7, 11) is -1.51. The maximum absolute atomic E-state index is 12.1. The third-order valence-electron chi connectivity index (χ3n) is 4.11. The van der Waals surface area contributed by atoms with Crippen molar-refractivity contribution in [3.8, 4) is 5.75 Å². The average Bonchev–Trinajstić information content (AvgIpc) is 2.98. The second kappa shape index (κ2) is 6.40. The molecule has 1 aromatic rings. The number of amides is 1. The summed E-state index contributed by atoms with van der Waals surface area (Å²) in [5, 5.41) is 0.446. The third kappa shape index (κ3) is 3.17. The Morgan fingerprint density at radius 1 is 1.33 bits per heavy atom. The highest BCUT2D eigenvalue weighted by Crippen LogP contribution is 2.43. The Kier molecular flexibility index (Phi) is 4.61. The van der Waals surface area contributed by atoms with Crippen molar-refractivity contribution < 1.29 is 17.9 Å². The van der Waals surface area contributed by atoms with Crippen molar-refractivity contribution in [2.24, 2.45) is 10.9 Å². The fourth-order valence-electron chi connectivity index (χ4n) is 2.90. The van der Waals surface area contributed by atoms with E-state index in [9.17, 15) is 13.2 Å². The molecule has 0 aliphatic carbocycles. The van der Waals surface area contributed by atoms with Gasteiger partial charge >= 0.3 is 0 Å². The summed E-state index contributed by atoms with van der Waals surface area (Å²) in [6.45, 7) is 3.59. The number of aliphatic imine (C=N–C) groups is 1. The number of amidine groups is 1. The second-order valence-corrected chi connectivity index (χ2v) is 9.59. The van der Waals surface area contributed by atoms with Crippen LogP contribution in [0.5, 0.6) is 5.75 Å². The maximum atomic E-state index is 12.1. The fourth-order valence-corrected chi connectivity index (χ4v) is 6.81. The van der Waals surface area contributed by atoms with E-state index in [-0.39, 0.29) is 34.6 Å². The number of fused-ring (bicyclic) bond motifs is 1. The molecule has 1 aromatic carbocycles. The number of methoxy groups -OCH3 is 1. The summed E-state index contributed by atoms with van der Waals surface area (Å²) >= 11 is 1.37. The molecule has 0 spiro atoms. The van der Waals surface area contributed by atoms with E-state index in [4.69, 9.17) is 4.74 Å². The van der Waals surface area contributed by atoms with Crippen LogP contribution in [0.1, 0.15) is 13.8 Å². The van der Waals surface area contributed by atoms with Crippen LogP contribution < -0.4 is 9.64 Å². The number of ether oxygens (including phenoxy) is 1. The number of nitrogens with zero attached hydrogens (tertiary/aromatic N) is 2. The lowest BCUT2D eigenvalue weighted by Crippen LogP contribution is -2.38. The highest BCUT2D eigenvalue weighted by atomic mass is 32.2. The quantitative estimate of drug-likeness (QED) is 0.812. The first kappa shape index (κ1) is 17.3. The van der Waals surface area contributed by atoms with Crippen molar-refractivity contribution in [2.75, 3.05) is 23.5 Å². The molecule has 0 unspecified atom stereocenters. The largest absolute Gasteiger partial charge is 0.495 e. The minimum atomic E-state index is -3.08. The van der Waals surface area contributed by atoms with Crippen molar-refractivity contribution in [2.45, 2.75) is 25.1 Å². The first-order chi connectivity index (χ1) is 11.3. The lowest BCUT2D eigenvalue weighted by atomic mass is 10.2. The molecule has 2 atom stereocenters. The Morgan fingerprint density at radius 2 is 2.04 bits per heavy atom. The molecule has 0 aromatic heterocycles. The Morgan fingerprint density at radius 3 is 2.71 bits per heavy atom. The van der Waals surface area contributed by atoms with E-state index in [0.29, 0.717) is 10.9 Å². The summed E-state index contributed by atoms with van der Waals surface area (Å²) in [5.74, 6) is 0.398. The second-order valence-electron chi connectivity index (χ2n) is 6.23. The van der Waals surface area contributed by atoms with Gasteiger partial charge in [-0.1, -0.05) is 37.7 Å². The number of carbonyl (C=O) groups excluding carboxylic acids is 1. The molecule has 130 valence electrons. The Bertz CT molecular complexity index is 789. The van der Waals surface area contributed by atoms with Gasteiger partial charge in [-0.25, -0.2) is 8.42 Å². The van der Waals surface area contributed by atoms with Gasteiger partial charge in [-0.3, -0.25) is 4.79 Å². The first-order valence-electron chi connectivity index (χ1n) is 7.74. The molecule has 0 N–H and O–H groups in total. The summed E-state index contributed by atoms with van der Waals surface area (Å²) in [6, 6.07) is 7.17. The number of para-hydroxylation sites is 2. The molecule has 24 heavy (non-hydrogen) atoms. The van der Waals surface area contributed by atoms with Gasteiger partial charge in [0.2, 0.25) is 0 Å². The zero-order valence-electron chi connectivity index (χ0n) is 13.8. The monoisotopic (exact) mass is 368 g/mol. The SMILES string of the molecule is COc1ccccc1N1C(=NC(=O)C(C)C)S[C@@H]2CS(=O)(=O)C[C@@H]21. The highest BCUT2D eigenvalue weighted by molar-refractivity contribution is 8.16. The molecule has 0 radical (unpaired) electrons. The van der Waals surface area contributed by atoms with Crippen molar-refractivity contribution in [3.05, 3.63) is 24.3 Å². The van der Waals surface area contributed by atoms with Gasteiger partial charge in [0.25, 0.3) is 5.91 Å². The van der Waals surface area contributed by atoms with Crippen molar-refractivity contribution in [1.29, 1.82) is 0 Å². The molecule has 2 heterocycles. The Balaban J connectivity index is 2.06. The van der Waals surface area contributed by atoms with Gasteiger partial charge in [0.1, 0.15) is 5.75 Å². The van der Waals surface area contributed by atoms with E-state index in [0.717, 1.165) is 5.69 Å². The van der Waals surface area contributed by atoms with Crippen LogP contribution in [-0.4, -0.2) is 49.4 Å². The van der Waals surface area contributed by atoms with Crippen LogP contribution in [0, 0.1) is 5.92 Å². The molecule has 0 bridgehead atoms. The molecule has 2 fully saturated rings. The lowest BCUT2D eigenvalue weighted by molar-refractivity contribution is -0.120. The molecule has 1 amide bonds. The predicted octanol–water partition coefficient (Wildman–Crippen LogP) is 1.95. The van der Waals surface area contributed by atoms with Gasteiger partial charge in [-0.05, 0) is 12.1 Å². The summed E-state index contributed by atoms with van der Waals surface area (Å²) in [4.78, 5) is 18.2. The standard InChI is InChI=1S/C16H20N2O4S2/c1-10(2)15(19)17-16-18(11-6-4-5-7-13(11)22-3)12-8-24(20,21)9-14(12)23-16/h4-7,10,12,14H,8-9H2,1-3H3/t12-,14+/m0/s1. The number of sulfone groups is 1. The normalized spacial score (nSPS) is 26.8. The zero-order valence-corrected chi connectivity index (χ0v) is 15.4. The van der Waals surface area contributed by atoms with Crippen LogP contribution in [0.4, 0.5) is 5.69 Å². The predicted molar refractivity (Wildman–Crippen MR) is 96.6 cm³/mol. The molecule has 6 nitrogen and oxygen atoms in total. The smallest absolute Gasteiger partial charge is 0.250 e. The fraction of sp³-hybridized carbons (Fsp3) is 0.500. The number of hydrogen-bond acceptors (Lipinski definition) is 5. The van der Waals surface area contributed by atoms with Crippen LogP contribution in [0.25, 0.3) is 0 Å². The van der Waals surface area contributed by atoms with Crippen molar-refractivity contribution >= 4 is 38.4 Å². The number of rotatable bonds is 3. The first-order valence-corrected chi connectivity index (χ1v) is 10.4. The molecule has 8 heteroatoms. The van der Waals surface area contributed by atoms with Crippen molar-refractivity contribution in [3.63, 3.8) is 0 Å². The third-order valence-corrected chi connectivity index (χ3v) is 7.32. The van der Waals surface area contributed by atoms with E-state index < -0.39 is 9.84 Å². The van der Waals surface area contributed by atoms with Crippen LogP contribution >= 0.6 is 11.8 Å². The number of benzene rings is 1. The van der Waals surface area contributed by atoms with Crippen LogP contribution in [0.2, 0.25) is 0 Å². The molecular formula is C16H20N2O4S2. The maximum Gasteiger partial charge on any atom is 0.250 e. The number of thioether (sulfide) groups is 1. The Labute approximate surface area is 146 Å². The number of hydrogen-bond donors (Lipinski definition) is 0. The van der Waals surface area contributed by atoms with Crippen LogP contribution in [0.3, 0.4) is 0 Å². The molecule has 3 rings (SSSR count). The van der Waals surface area contributed by atoms with Crippen LogP contribution in [-0.2, 0) is 14.6 Å². The Hall–Kier alpha value is -1.54. The van der Waals surface area contributed by atoms with Crippen LogP contribution in [0.15, 0.2) is 29.3 Å². The number of anilines is 1. The molecular weight excluding hydrogens is 348 g/mol.